The molecule has 144 valence electrons. The molecule has 0 saturated heterocycles. The zero-order valence-electron chi connectivity index (χ0n) is 15.9. The van der Waals surface area contributed by atoms with E-state index in [1.54, 1.807) is 30.2 Å². The van der Waals surface area contributed by atoms with Gasteiger partial charge in [-0.15, -0.1) is 0 Å². The number of hydrogen-bond donors (Lipinski definition) is 0. The smallest absolute Gasteiger partial charge is 0.290 e. The first-order valence-electron chi connectivity index (χ1n) is 9.05. The maximum atomic E-state index is 13.4. The Kier molecular flexibility index (Phi) is 4.51. The average Bonchev–Trinajstić information content (AvgIpc) is 2.92. The van der Waals surface area contributed by atoms with Crippen LogP contribution in [-0.2, 0) is 4.74 Å². The van der Waals surface area contributed by atoms with Gasteiger partial charge in [-0.3, -0.25) is 9.59 Å². The van der Waals surface area contributed by atoms with E-state index in [1.165, 1.54) is 12.1 Å². The summed E-state index contributed by atoms with van der Waals surface area (Å²) in [6.07, 6.45) is 0. The molecule has 1 aliphatic rings. The van der Waals surface area contributed by atoms with Gasteiger partial charge in [-0.25, -0.2) is 4.39 Å². The largest absolute Gasteiger partial charge is 0.450 e. The quantitative estimate of drug-likeness (QED) is 0.691. The minimum Gasteiger partial charge on any atom is -0.450 e. The monoisotopic (exact) mass is 381 g/mol. The number of ether oxygens (including phenoxy) is 1. The van der Waals surface area contributed by atoms with E-state index in [-0.39, 0.29) is 29.5 Å². The first-order valence-corrected chi connectivity index (χ1v) is 9.05. The van der Waals surface area contributed by atoms with E-state index < -0.39 is 6.04 Å². The molecule has 0 fully saturated rings. The number of methoxy groups -OCH3 is 1. The molecule has 1 atom stereocenters. The lowest BCUT2D eigenvalue weighted by Gasteiger charge is -2.24. The molecule has 0 spiro atoms. The number of rotatable bonds is 4. The van der Waals surface area contributed by atoms with Crippen LogP contribution in [0.2, 0.25) is 0 Å². The second kappa shape index (κ2) is 6.87. The van der Waals surface area contributed by atoms with Gasteiger partial charge in [-0.2, -0.15) is 0 Å². The number of fused-ring (bicyclic) bond motifs is 2. The van der Waals surface area contributed by atoms with Crippen LogP contribution in [0.1, 0.15) is 38.9 Å². The Morgan fingerprint density at radius 3 is 2.54 bits per heavy atom. The lowest BCUT2D eigenvalue weighted by molar-refractivity contribution is 0.0663. The van der Waals surface area contributed by atoms with E-state index in [0.29, 0.717) is 28.7 Å². The third-order valence-corrected chi connectivity index (χ3v) is 5.13. The number of carbonyl (C=O) groups excluding carboxylic acids is 1. The predicted molar refractivity (Wildman–Crippen MR) is 103 cm³/mol. The van der Waals surface area contributed by atoms with Crippen molar-refractivity contribution in [2.24, 2.45) is 0 Å². The number of halogens is 1. The molecule has 2 heterocycles. The minimum absolute atomic E-state index is 0.0490. The van der Waals surface area contributed by atoms with Crippen LogP contribution in [0.3, 0.4) is 0 Å². The summed E-state index contributed by atoms with van der Waals surface area (Å²) in [7, 11) is 1.55. The Morgan fingerprint density at radius 1 is 1.14 bits per heavy atom. The summed E-state index contributed by atoms with van der Waals surface area (Å²) in [5, 5.41) is 0.470. The molecule has 0 radical (unpaired) electrons. The van der Waals surface area contributed by atoms with Gasteiger partial charge >= 0.3 is 0 Å². The van der Waals surface area contributed by atoms with Gasteiger partial charge in [0.05, 0.1) is 23.6 Å². The van der Waals surface area contributed by atoms with Crippen LogP contribution >= 0.6 is 0 Å². The number of nitrogens with zero attached hydrogens (tertiary/aromatic N) is 1. The maximum Gasteiger partial charge on any atom is 0.290 e. The van der Waals surface area contributed by atoms with Crippen molar-refractivity contribution in [3.8, 4) is 0 Å². The molecule has 1 amide bonds. The molecule has 6 heteroatoms. The van der Waals surface area contributed by atoms with Crippen LogP contribution in [0, 0.1) is 19.7 Å². The normalized spacial score (nSPS) is 16.1. The maximum absolute atomic E-state index is 13.4. The number of carbonyl (C=O) groups is 1. The third kappa shape index (κ3) is 2.81. The van der Waals surface area contributed by atoms with Crippen molar-refractivity contribution in [1.29, 1.82) is 0 Å². The summed E-state index contributed by atoms with van der Waals surface area (Å²) in [6, 6.07) is 8.87. The second-order valence-corrected chi connectivity index (χ2v) is 7.07. The van der Waals surface area contributed by atoms with E-state index in [4.69, 9.17) is 9.15 Å². The molecule has 0 saturated carbocycles. The number of amides is 1. The zero-order valence-corrected chi connectivity index (χ0v) is 15.9. The number of aryl methyl sites for hydroxylation is 2. The molecule has 3 aromatic rings. The van der Waals surface area contributed by atoms with Crippen LogP contribution in [0.5, 0.6) is 0 Å². The zero-order chi connectivity index (χ0) is 20.0. The van der Waals surface area contributed by atoms with E-state index in [0.717, 1.165) is 11.1 Å². The summed E-state index contributed by atoms with van der Waals surface area (Å²) in [5.41, 5.74) is 2.88. The molecule has 4 rings (SSSR count). The highest BCUT2D eigenvalue weighted by Crippen LogP contribution is 2.38. The summed E-state index contributed by atoms with van der Waals surface area (Å²) >= 11 is 0. The standard InChI is InChI=1S/C22H20FNO4/c1-12-10-13(2)17-16(11-12)28-21-18(20(17)25)19(14-4-6-15(23)7-5-14)24(22(21)26)8-9-27-3/h4-7,10-11,19H,8-9H2,1-3H3. The fourth-order valence-electron chi connectivity index (χ4n) is 3.93. The summed E-state index contributed by atoms with van der Waals surface area (Å²) < 4.78 is 24.5. The van der Waals surface area contributed by atoms with Gasteiger partial charge in [0.15, 0.2) is 5.43 Å². The highest BCUT2D eigenvalue weighted by molar-refractivity contribution is 5.99. The molecule has 0 bridgehead atoms. The molecule has 1 unspecified atom stereocenters. The lowest BCUT2D eigenvalue weighted by Crippen LogP contribution is -2.32. The summed E-state index contributed by atoms with van der Waals surface area (Å²) in [6.45, 7) is 4.36. The van der Waals surface area contributed by atoms with Crippen LogP contribution in [0.25, 0.3) is 11.0 Å². The first-order chi connectivity index (χ1) is 13.4. The Morgan fingerprint density at radius 2 is 1.86 bits per heavy atom. The Labute approximate surface area is 161 Å². The van der Waals surface area contributed by atoms with Gasteiger partial charge in [0.2, 0.25) is 5.76 Å². The van der Waals surface area contributed by atoms with Crippen LogP contribution in [-0.4, -0.2) is 31.1 Å². The van der Waals surface area contributed by atoms with Crippen molar-refractivity contribution in [3.05, 3.63) is 80.5 Å². The molecular formula is C22H20FNO4. The topological polar surface area (TPSA) is 59.8 Å². The highest BCUT2D eigenvalue weighted by atomic mass is 19.1. The summed E-state index contributed by atoms with van der Waals surface area (Å²) in [4.78, 5) is 28.1. The van der Waals surface area contributed by atoms with Crippen molar-refractivity contribution >= 4 is 16.9 Å². The highest BCUT2D eigenvalue weighted by Gasteiger charge is 2.42. The Bertz CT molecular complexity index is 1130. The molecule has 0 aliphatic carbocycles. The van der Waals surface area contributed by atoms with Crippen LogP contribution in [0.4, 0.5) is 4.39 Å². The van der Waals surface area contributed by atoms with Crippen molar-refractivity contribution in [2.75, 3.05) is 20.3 Å². The van der Waals surface area contributed by atoms with E-state index >= 15 is 0 Å². The number of benzene rings is 2. The molecule has 2 aromatic carbocycles. The van der Waals surface area contributed by atoms with Crippen molar-refractivity contribution in [1.82, 2.24) is 4.90 Å². The van der Waals surface area contributed by atoms with Gasteiger partial charge in [0, 0.05) is 13.7 Å². The second-order valence-electron chi connectivity index (χ2n) is 7.07. The third-order valence-electron chi connectivity index (χ3n) is 5.13. The Hall–Kier alpha value is -2.99. The Balaban J connectivity index is 2.00. The predicted octanol–water partition coefficient (Wildman–Crippen LogP) is 3.74. The van der Waals surface area contributed by atoms with Gasteiger partial charge in [-0.1, -0.05) is 18.2 Å². The number of hydrogen-bond acceptors (Lipinski definition) is 4. The molecule has 1 aliphatic heterocycles. The summed E-state index contributed by atoms with van der Waals surface area (Å²) in [5.74, 6) is -0.693. The van der Waals surface area contributed by atoms with Crippen molar-refractivity contribution in [3.63, 3.8) is 0 Å². The van der Waals surface area contributed by atoms with Crippen LogP contribution in [0.15, 0.2) is 45.6 Å². The fourth-order valence-corrected chi connectivity index (χ4v) is 3.93. The van der Waals surface area contributed by atoms with Crippen molar-refractivity contribution < 1.29 is 18.3 Å². The SMILES string of the molecule is COCCN1C(=O)c2oc3cc(C)cc(C)c3c(=O)c2C1c1ccc(F)cc1. The minimum atomic E-state index is -0.639. The first kappa shape index (κ1) is 18.4. The van der Waals surface area contributed by atoms with Gasteiger partial charge in [-0.05, 0) is 48.7 Å². The van der Waals surface area contributed by atoms with Crippen molar-refractivity contribution in [2.45, 2.75) is 19.9 Å². The van der Waals surface area contributed by atoms with Gasteiger partial charge in [0.25, 0.3) is 5.91 Å². The average molecular weight is 381 g/mol. The fraction of sp³-hybridized carbons (Fsp3) is 0.273. The molecule has 1 aromatic heterocycles. The molecule has 5 nitrogen and oxygen atoms in total. The van der Waals surface area contributed by atoms with E-state index in [9.17, 15) is 14.0 Å². The van der Waals surface area contributed by atoms with Gasteiger partial charge in [0.1, 0.15) is 11.4 Å². The van der Waals surface area contributed by atoms with E-state index in [2.05, 4.69) is 0 Å². The van der Waals surface area contributed by atoms with E-state index in [1.807, 2.05) is 19.9 Å². The van der Waals surface area contributed by atoms with Crippen LogP contribution < -0.4 is 5.43 Å². The lowest BCUT2D eigenvalue weighted by atomic mass is 9.97. The molecule has 28 heavy (non-hydrogen) atoms. The molecule has 0 N–H and O–H groups in total. The molecular weight excluding hydrogens is 361 g/mol. The van der Waals surface area contributed by atoms with Gasteiger partial charge < -0.3 is 14.1 Å².